The van der Waals surface area contributed by atoms with Gasteiger partial charge in [-0.05, 0) is 49.4 Å². The lowest BCUT2D eigenvalue weighted by molar-refractivity contribution is -0.135. The third kappa shape index (κ3) is 4.71. The monoisotopic (exact) mass is 569 g/mol. The number of aromatic nitrogens is 5. The quantitative estimate of drug-likeness (QED) is 0.325. The van der Waals surface area contributed by atoms with Crippen molar-refractivity contribution in [3.63, 3.8) is 0 Å². The minimum atomic E-state index is -0.830. The predicted molar refractivity (Wildman–Crippen MR) is 142 cm³/mol. The summed E-state index contributed by atoms with van der Waals surface area (Å²) in [6.07, 6.45) is 4.24. The minimum absolute atomic E-state index is 0.0354. The van der Waals surface area contributed by atoms with Crippen molar-refractivity contribution in [3.05, 3.63) is 68.7 Å². The minimum Gasteiger partial charge on any atom is -0.481 e. The summed E-state index contributed by atoms with van der Waals surface area (Å²) >= 11 is 7.68. The molecule has 0 aromatic carbocycles. The van der Waals surface area contributed by atoms with Crippen LogP contribution in [0.4, 0.5) is 4.39 Å². The molecule has 6 rings (SSSR count). The molecule has 0 bridgehead atoms. The second kappa shape index (κ2) is 9.83. The number of carbonyl (C=O) groups excluding carboxylic acids is 2. The SMILES string of the molecule is Cc1nn2c3c(nc2s1)CCN(C(=O)COc1ccc(C(=O)N(C)C)nc1Cl)C3c1ncc(C2CC2)cc1F. The average molecular weight is 570 g/mol. The summed E-state index contributed by atoms with van der Waals surface area (Å²) in [6.45, 7) is 1.81. The van der Waals surface area contributed by atoms with Crippen LogP contribution >= 0.6 is 22.9 Å². The van der Waals surface area contributed by atoms with E-state index in [1.54, 1.807) is 29.7 Å². The Hall–Kier alpha value is -3.64. The molecule has 1 atom stereocenters. The molecule has 5 heterocycles. The van der Waals surface area contributed by atoms with Gasteiger partial charge >= 0.3 is 0 Å². The lowest BCUT2D eigenvalue weighted by Crippen LogP contribution is -2.44. The smallest absolute Gasteiger partial charge is 0.271 e. The van der Waals surface area contributed by atoms with E-state index in [0.717, 1.165) is 29.1 Å². The molecule has 202 valence electrons. The summed E-state index contributed by atoms with van der Waals surface area (Å²) in [4.78, 5) is 42.7. The molecule has 1 saturated carbocycles. The zero-order valence-electron chi connectivity index (χ0n) is 21.5. The van der Waals surface area contributed by atoms with E-state index in [9.17, 15) is 9.59 Å². The summed E-state index contributed by atoms with van der Waals surface area (Å²) < 4.78 is 23.0. The number of halogens is 2. The first-order valence-electron chi connectivity index (χ1n) is 12.5. The summed E-state index contributed by atoms with van der Waals surface area (Å²) in [6, 6.07) is 3.68. The van der Waals surface area contributed by atoms with Crippen LogP contribution in [0.3, 0.4) is 0 Å². The van der Waals surface area contributed by atoms with E-state index in [1.165, 1.54) is 34.4 Å². The molecular formula is C26H25ClFN7O3S. The summed E-state index contributed by atoms with van der Waals surface area (Å²) in [5.41, 5.74) is 2.57. The van der Waals surface area contributed by atoms with Crippen molar-refractivity contribution >= 4 is 39.7 Å². The predicted octanol–water partition coefficient (Wildman–Crippen LogP) is 3.81. The Morgan fingerprint density at radius 3 is 2.74 bits per heavy atom. The third-order valence-corrected chi connectivity index (χ3v) is 7.98. The molecule has 2 aliphatic rings. The van der Waals surface area contributed by atoms with Gasteiger partial charge in [0.1, 0.15) is 28.3 Å². The number of fused-ring (bicyclic) bond motifs is 3. The molecule has 1 fully saturated rings. The molecule has 1 aliphatic heterocycles. The van der Waals surface area contributed by atoms with Crippen LogP contribution in [0.25, 0.3) is 4.96 Å². The van der Waals surface area contributed by atoms with E-state index in [4.69, 9.17) is 21.3 Å². The number of amides is 2. The van der Waals surface area contributed by atoms with Crippen LogP contribution in [-0.2, 0) is 11.2 Å². The van der Waals surface area contributed by atoms with Gasteiger partial charge in [-0.2, -0.15) is 5.10 Å². The Morgan fingerprint density at radius 1 is 1.26 bits per heavy atom. The number of ether oxygens (including phenoxy) is 1. The van der Waals surface area contributed by atoms with Gasteiger partial charge in [0, 0.05) is 33.3 Å². The molecule has 4 aromatic heterocycles. The molecule has 0 saturated heterocycles. The van der Waals surface area contributed by atoms with Gasteiger partial charge in [0.2, 0.25) is 4.96 Å². The van der Waals surface area contributed by atoms with Crippen LogP contribution in [0.2, 0.25) is 5.15 Å². The fraction of sp³-hybridized carbons (Fsp3) is 0.385. The second-order valence-electron chi connectivity index (χ2n) is 9.88. The van der Waals surface area contributed by atoms with Gasteiger partial charge < -0.3 is 14.5 Å². The highest BCUT2D eigenvalue weighted by Crippen LogP contribution is 2.42. The Labute approximate surface area is 232 Å². The Bertz CT molecular complexity index is 1620. The van der Waals surface area contributed by atoms with Crippen molar-refractivity contribution in [2.75, 3.05) is 27.2 Å². The molecule has 1 aliphatic carbocycles. The van der Waals surface area contributed by atoms with Gasteiger partial charge in [-0.1, -0.05) is 22.9 Å². The van der Waals surface area contributed by atoms with Gasteiger partial charge in [0.25, 0.3) is 11.8 Å². The highest BCUT2D eigenvalue weighted by atomic mass is 35.5. The molecule has 0 radical (unpaired) electrons. The zero-order chi connectivity index (χ0) is 27.4. The van der Waals surface area contributed by atoms with Crippen molar-refractivity contribution in [2.45, 2.75) is 38.1 Å². The fourth-order valence-electron chi connectivity index (χ4n) is 4.81. The Balaban J connectivity index is 1.31. The lowest BCUT2D eigenvalue weighted by atomic mass is 9.98. The lowest BCUT2D eigenvalue weighted by Gasteiger charge is -2.35. The van der Waals surface area contributed by atoms with E-state index in [1.807, 2.05) is 6.92 Å². The average Bonchev–Trinajstić information content (AvgIpc) is 3.62. The molecule has 13 heteroatoms. The highest BCUT2D eigenvalue weighted by molar-refractivity contribution is 7.16. The number of pyridine rings is 2. The van der Waals surface area contributed by atoms with Crippen LogP contribution in [0.5, 0.6) is 5.75 Å². The maximum absolute atomic E-state index is 15.6. The maximum atomic E-state index is 15.6. The number of hydrogen-bond acceptors (Lipinski definition) is 8. The number of carbonyl (C=O) groups is 2. The van der Waals surface area contributed by atoms with Crippen LogP contribution in [-0.4, -0.2) is 73.4 Å². The topological polar surface area (TPSA) is 106 Å². The number of rotatable bonds is 6. The first kappa shape index (κ1) is 25.6. The standard InChI is InChI=1S/C26H25ClFN7O3S/c1-13-32-35-22-17(31-26(35)39-13)8-9-34(23(22)21-16(28)10-15(11-29-21)14-4-5-14)20(36)12-38-19-7-6-18(30-24(19)27)25(37)33(2)3/h6-7,10-11,14,23H,4-5,8-9,12H2,1-3H3. The van der Waals surface area contributed by atoms with Crippen LogP contribution in [0.15, 0.2) is 24.4 Å². The third-order valence-electron chi connectivity index (χ3n) is 6.89. The Morgan fingerprint density at radius 2 is 2.05 bits per heavy atom. The first-order valence-corrected chi connectivity index (χ1v) is 13.7. The van der Waals surface area contributed by atoms with Gasteiger partial charge in [-0.25, -0.2) is 18.9 Å². The molecule has 1 unspecified atom stereocenters. The van der Waals surface area contributed by atoms with E-state index in [0.29, 0.717) is 29.5 Å². The zero-order valence-corrected chi connectivity index (χ0v) is 23.1. The molecule has 2 amide bonds. The molecule has 10 nitrogen and oxygen atoms in total. The highest BCUT2D eigenvalue weighted by Gasteiger charge is 2.39. The van der Waals surface area contributed by atoms with E-state index < -0.39 is 11.9 Å². The van der Waals surface area contributed by atoms with Crippen LogP contribution in [0.1, 0.15) is 62.9 Å². The normalized spacial score (nSPS) is 16.8. The number of imidazole rings is 1. The molecule has 0 N–H and O–H groups in total. The van der Waals surface area contributed by atoms with E-state index in [-0.39, 0.29) is 40.7 Å². The molecule has 39 heavy (non-hydrogen) atoms. The summed E-state index contributed by atoms with van der Waals surface area (Å²) in [5, 5.41) is 5.35. The number of hydrogen-bond donors (Lipinski definition) is 0. The molecule has 0 spiro atoms. The van der Waals surface area contributed by atoms with E-state index >= 15 is 4.39 Å². The van der Waals surface area contributed by atoms with Gasteiger partial charge in [0.15, 0.2) is 17.5 Å². The summed E-state index contributed by atoms with van der Waals surface area (Å²) in [7, 11) is 3.22. The largest absolute Gasteiger partial charge is 0.481 e. The van der Waals surface area contributed by atoms with Gasteiger partial charge in [-0.15, -0.1) is 0 Å². The van der Waals surface area contributed by atoms with Crippen molar-refractivity contribution in [3.8, 4) is 5.75 Å². The van der Waals surface area contributed by atoms with Crippen molar-refractivity contribution in [2.24, 2.45) is 0 Å². The second-order valence-corrected chi connectivity index (χ2v) is 11.4. The van der Waals surface area contributed by atoms with Gasteiger partial charge in [-0.3, -0.25) is 14.6 Å². The van der Waals surface area contributed by atoms with Crippen LogP contribution in [0, 0.1) is 12.7 Å². The summed E-state index contributed by atoms with van der Waals surface area (Å²) in [5.74, 6) is -0.654. The number of nitrogens with zero attached hydrogens (tertiary/aromatic N) is 7. The van der Waals surface area contributed by atoms with Crippen molar-refractivity contribution in [1.29, 1.82) is 0 Å². The van der Waals surface area contributed by atoms with E-state index in [2.05, 4.69) is 15.1 Å². The molecule has 4 aromatic rings. The maximum Gasteiger partial charge on any atom is 0.271 e. The fourth-order valence-corrected chi connectivity index (χ4v) is 5.79. The number of aryl methyl sites for hydroxylation is 1. The Kier molecular flexibility index (Phi) is 6.46. The van der Waals surface area contributed by atoms with Gasteiger partial charge in [0.05, 0.1) is 11.4 Å². The first-order chi connectivity index (χ1) is 18.7. The van der Waals surface area contributed by atoms with Crippen molar-refractivity contribution < 1.29 is 18.7 Å². The molecular weight excluding hydrogens is 545 g/mol. The van der Waals surface area contributed by atoms with Crippen molar-refractivity contribution in [1.82, 2.24) is 34.4 Å². The van der Waals surface area contributed by atoms with Crippen LogP contribution < -0.4 is 4.74 Å².